The van der Waals surface area contributed by atoms with Crippen LogP contribution in [-0.4, -0.2) is 5.11 Å². The lowest BCUT2D eigenvalue weighted by Crippen LogP contribution is -2.08. The van der Waals surface area contributed by atoms with Crippen molar-refractivity contribution in [2.45, 2.75) is 12.5 Å². The SMILES string of the molecule is C=CC[C@@H](N)c1ccc(O)c(I)c1. The highest BCUT2D eigenvalue weighted by Gasteiger charge is 2.05. The minimum absolute atomic E-state index is 0.0217. The van der Waals surface area contributed by atoms with Gasteiger partial charge >= 0.3 is 0 Å². The minimum atomic E-state index is -0.0217. The zero-order valence-corrected chi connectivity index (χ0v) is 9.36. The van der Waals surface area contributed by atoms with Gasteiger partial charge in [0.05, 0.1) is 3.57 Å². The third-order valence-electron chi connectivity index (χ3n) is 1.82. The van der Waals surface area contributed by atoms with E-state index in [-0.39, 0.29) is 6.04 Å². The molecule has 0 radical (unpaired) electrons. The zero-order valence-electron chi connectivity index (χ0n) is 7.20. The van der Waals surface area contributed by atoms with E-state index < -0.39 is 0 Å². The van der Waals surface area contributed by atoms with Gasteiger partial charge in [0, 0.05) is 6.04 Å². The summed E-state index contributed by atoms with van der Waals surface area (Å²) in [6, 6.07) is 5.38. The van der Waals surface area contributed by atoms with Gasteiger partial charge in [0.25, 0.3) is 0 Å². The zero-order chi connectivity index (χ0) is 9.84. The normalized spacial score (nSPS) is 12.5. The minimum Gasteiger partial charge on any atom is -0.507 e. The van der Waals surface area contributed by atoms with Crippen LogP contribution in [0.4, 0.5) is 0 Å². The molecule has 0 fully saturated rings. The molecule has 0 saturated heterocycles. The van der Waals surface area contributed by atoms with Gasteiger partial charge < -0.3 is 10.8 Å². The van der Waals surface area contributed by atoms with Gasteiger partial charge in [-0.15, -0.1) is 6.58 Å². The van der Waals surface area contributed by atoms with Crippen molar-refractivity contribution >= 4 is 22.6 Å². The molecule has 0 unspecified atom stereocenters. The number of halogens is 1. The molecule has 70 valence electrons. The highest BCUT2D eigenvalue weighted by Crippen LogP contribution is 2.24. The first kappa shape index (κ1) is 10.5. The molecule has 0 aromatic heterocycles. The Morgan fingerprint density at radius 2 is 2.31 bits per heavy atom. The first-order valence-corrected chi connectivity index (χ1v) is 5.08. The Morgan fingerprint density at radius 1 is 1.62 bits per heavy atom. The molecule has 0 spiro atoms. The van der Waals surface area contributed by atoms with E-state index in [0.29, 0.717) is 5.75 Å². The smallest absolute Gasteiger partial charge is 0.128 e. The molecule has 0 aliphatic carbocycles. The molecule has 0 amide bonds. The highest BCUT2D eigenvalue weighted by molar-refractivity contribution is 14.1. The second kappa shape index (κ2) is 4.62. The van der Waals surface area contributed by atoms with Crippen molar-refractivity contribution in [3.8, 4) is 5.75 Å². The van der Waals surface area contributed by atoms with Crippen LogP contribution >= 0.6 is 22.6 Å². The van der Waals surface area contributed by atoms with Crippen molar-refractivity contribution in [2.24, 2.45) is 5.73 Å². The summed E-state index contributed by atoms with van der Waals surface area (Å²) in [4.78, 5) is 0. The van der Waals surface area contributed by atoms with Crippen LogP contribution in [0.1, 0.15) is 18.0 Å². The van der Waals surface area contributed by atoms with E-state index >= 15 is 0 Å². The molecule has 2 nitrogen and oxygen atoms in total. The Morgan fingerprint density at radius 3 is 2.85 bits per heavy atom. The Kier molecular flexibility index (Phi) is 3.74. The maximum absolute atomic E-state index is 9.29. The largest absolute Gasteiger partial charge is 0.507 e. The fourth-order valence-electron chi connectivity index (χ4n) is 1.07. The molecular formula is C10H12INO. The highest BCUT2D eigenvalue weighted by atomic mass is 127. The van der Waals surface area contributed by atoms with Gasteiger partial charge in [0.15, 0.2) is 0 Å². The monoisotopic (exact) mass is 289 g/mol. The summed E-state index contributed by atoms with van der Waals surface area (Å²) >= 11 is 2.08. The number of benzene rings is 1. The predicted octanol–water partition coefficient (Wildman–Crippen LogP) is 2.57. The van der Waals surface area contributed by atoms with Gasteiger partial charge in [0.1, 0.15) is 5.75 Å². The van der Waals surface area contributed by atoms with E-state index in [4.69, 9.17) is 5.73 Å². The number of hydrogen-bond donors (Lipinski definition) is 2. The van der Waals surface area contributed by atoms with Crippen LogP contribution in [0.5, 0.6) is 5.75 Å². The first-order chi connectivity index (χ1) is 6.15. The van der Waals surface area contributed by atoms with Crippen LogP contribution in [0, 0.1) is 3.57 Å². The number of hydrogen-bond acceptors (Lipinski definition) is 2. The summed E-state index contributed by atoms with van der Waals surface area (Å²) < 4.78 is 0.828. The molecule has 13 heavy (non-hydrogen) atoms. The number of phenolic OH excluding ortho intramolecular Hbond substituents is 1. The standard InChI is InChI=1S/C10H12INO/c1-2-3-9(12)7-4-5-10(13)8(11)6-7/h2,4-6,9,13H,1,3,12H2/t9-/m1/s1. The third kappa shape index (κ3) is 2.70. The average molecular weight is 289 g/mol. The third-order valence-corrected chi connectivity index (χ3v) is 2.68. The van der Waals surface area contributed by atoms with Crippen LogP contribution in [-0.2, 0) is 0 Å². The number of nitrogens with two attached hydrogens (primary N) is 1. The van der Waals surface area contributed by atoms with E-state index in [1.54, 1.807) is 12.1 Å². The van der Waals surface area contributed by atoms with Crippen LogP contribution in [0.3, 0.4) is 0 Å². The summed E-state index contributed by atoms with van der Waals surface area (Å²) in [5.74, 6) is 0.301. The maximum Gasteiger partial charge on any atom is 0.128 e. The van der Waals surface area contributed by atoms with Crippen molar-refractivity contribution in [3.63, 3.8) is 0 Å². The van der Waals surface area contributed by atoms with Crippen LogP contribution in [0.15, 0.2) is 30.9 Å². The van der Waals surface area contributed by atoms with Gasteiger partial charge in [0.2, 0.25) is 0 Å². The molecule has 1 atom stereocenters. The summed E-state index contributed by atoms with van der Waals surface area (Å²) in [5, 5.41) is 9.29. The van der Waals surface area contributed by atoms with Crippen molar-refractivity contribution in [1.29, 1.82) is 0 Å². The molecule has 0 heterocycles. The van der Waals surface area contributed by atoms with E-state index in [9.17, 15) is 5.11 Å². The molecule has 0 aliphatic heterocycles. The fourth-order valence-corrected chi connectivity index (χ4v) is 1.61. The summed E-state index contributed by atoms with van der Waals surface area (Å²) in [6.45, 7) is 3.63. The van der Waals surface area contributed by atoms with E-state index in [2.05, 4.69) is 29.2 Å². The van der Waals surface area contributed by atoms with Crippen LogP contribution < -0.4 is 5.73 Å². The molecular weight excluding hydrogens is 277 g/mol. The van der Waals surface area contributed by atoms with Crippen molar-refractivity contribution < 1.29 is 5.11 Å². The Labute approximate surface area is 91.6 Å². The molecule has 1 rings (SSSR count). The molecule has 0 bridgehead atoms. The van der Waals surface area contributed by atoms with Crippen molar-refractivity contribution in [3.05, 3.63) is 40.0 Å². The lowest BCUT2D eigenvalue weighted by Gasteiger charge is -2.10. The molecule has 1 aromatic rings. The molecule has 3 N–H and O–H groups in total. The lowest BCUT2D eigenvalue weighted by molar-refractivity contribution is 0.471. The van der Waals surface area contributed by atoms with E-state index in [1.165, 1.54) is 0 Å². The first-order valence-electron chi connectivity index (χ1n) is 4.00. The maximum atomic E-state index is 9.29. The predicted molar refractivity (Wildman–Crippen MR) is 62.6 cm³/mol. The van der Waals surface area contributed by atoms with Crippen LogP contribution in [0.2, 0.25) is 0 Å². The number of rotatable bonds is 3. The van der Waals surface area contributed by atoms with Gasteiger partial charge in [-0.1, -0.05) is 12.1 Å². The Hall–Kier alpha value is -0.550. The average Bonchev–Trinajstić information content (AvgIpc) is 2.10. The van der Waals surface area contributed by atoms with E-state index in [0.717, 1.165) is 15.6 Å². The van der Waals surface area contributed by atoms with Gasteiger partial charge in [-0.25, -0.2) is 0 Å². The van der Waals surface area contributed by atoms with Crippen LogP contribution in [0.25, 0.3) is 0 Å². The van der Waals surface area contributed by atoms with Gasteiger partial charge in [-0.05, 0) is 46.7 Å². The molecule has 1 aromatic carbocycles. The molecule has 0 aliphatic rings. The Balaban J connectivity index is 2.89. The summed E-state index contributed by atoms with van der Waals surface area (Å²) in [5.41, 5.74) is 6.90. The summed E-state index contributed by atoms with van der Waals surface area (Å²) in [6.07, 6.45) is 2.55. The fraction of sp³-hybridized carbons (Fsp3) is 0.200. The second-order valence-electron chi connectivity index (χ2n) is 2.84. The Bertz CT molecular complexity index is 312. The quantitative estimate of drug-likeness (QED) is 0.663. The van der Waals surface area contributed by atoms with Gasteiger partial charge in [-0.2, -0.15) is 0 Å². The number of aromatic hydroxyl groups is 1. The summed E-state index contributed by atoms with van der Waals surface area (Å²) in [7, 11) is 0. The molecule has 3 heteroatoms. The van der Waals surface area contributed by atoms with Crippen molar-refractivity contribution in [1.82, 2.24) is 0 Å². The number of phenols is 1. The van der Waals surface area contributed by atoms with E-state index in [1.807, 2.05) is 12.1 Å². The van der Waals surface area contributed by atoms with Gasteiger partial charge in [-0.3, -0.25) is 0 Å². The second-order valence-corrected chi connectivity index (χ2v) is 4.00. The topological polar surface area (TPSA) is 46.2 Å². The van der Waals surface area contributed by atoms with Crippen molar-refractivity contribution in [2.75, 3.05) is 0 Å². The lowest BCUT2D eigenvalue weighted by atomic mass is 10.1. The molecule has 0 saturated carbocycles.